The minimum atomic E-state index is -2.75. The van der Waals surface area contributed by atoms with Crippen molar-refractivity contribution >= 4 is 62.9 Å². The van der Waals surface area contributed by atoms with E-state index in [4.69, 9.17) is 33.1 Å². The minimum Gasteiger partial charge on any atom is -0.493 e. The molecule has 0 spiro atoms. The number of hydrogen-bond donors (Lipinski definition) is 0. The highest BCUT2D eigenvalue weighted by Gasteiger charge is 2.41. The summed E-state index contributed by atoms with van der Waals surface area (Å²) in [4.78, 5) is 0. The molecular formula is C32H29NO2P2S2. The lowest BCUT2D eigenvalue weighted by Gasteiger charge is -2.45. The van der Waals surface area contributed by atoms with E-state index >= 15 is 0 Å². The number of hydrogen-bond acceptors (Lipinski definition) is 4. The fraction of sp³-hybridized carbons (Fsp3) is 0.0625. The smallest absolute Gasteiger partial charge is 0.162 e. The molecule has 0 amide bonds. The van der Waals surface area contributed by atoms with Crippen LogP contribution in [0.2, 0.25) is 0 Å². The summed E-state index contributed by atoms with van der Waals surface area (Å²) in [6.45, 7) is 0. The van der Waals surface area contributed by atoms with Crippen molar-refractivity contribution in [1.82, 2.24) is 0 Å². The fourth-order valence-electron chi connectivity index (χ4n) is 4.71. The Bertz CT molecular complexity index is 1450. The third-order valence-corrected chi connectivity index (χ3v) is 17.9. The monoisotopic (exact) mass is 585 g/mol. The van der Waals surface area contributed by atoms with Crippen LogP contribution in [0.15, 0.2) is 140 Å². The Morgan fingerprint density at radius 3 is 1.10 bits per heavy atom. The van der Waals surface area contributed by atoms with Gasteiger partial charge in [-0.15, -0.1) is 0 Å². The fourth-order valence-corrected chi connectivity index (χ4v) is 16.5. The van der Waals surface area contributed by atoms with E-state index in [0.717, 1.165) is 26.9 Å². The largest absolute Gasteiger partial charge is 0.493 e. The second-order valence-electron chi connectivity index (χ2n) is 8.82. The average molecular weight is 586 g/mol. The second kappa shape index (κ2) is 11.9. The van der Waals surface area contributed by atoms with Gasteiger partial charge >= 0.3 is 0 Å². The normalized spacial score (nSPS) is 11.5. The first kappa shape index (κ1) is 27.4. The number of nitrogens with zero attached hydrogens (tertiary/aromatic N) is 1. The number of rotatable bonds is 9. The molecule has 0 aromatic heterocycles. The lowest BCUT2D eigenvalue weighted by atomic mass is 10.3. The van der Waals surface area contributed by atoms with E-state index in [1.54, 1.807) is 14.2 Å². The summed E-state index contributed by atoms with van der Waals surface area (Å²) in [5, 5.41) is 4.29. The first-order valence-electron chi connectivity index (χ1n) is 12.5. The number of methoxy groups -OCH3 is 2. The molecule has 0 N–H and O–H groups in total. The maximum Gasteiger partial charge on any atom is 0.162 e. The maximum absolute atomic E-state index is 6.95. The van der Waals surface area contributed by atoms with E-state index in [9.17, 15) is 0 Å². The van der Waals surface area contributed by atoms with Crippen molar-refractivity contribution in [1.29, 1.82) is 0 Å². The molecule has 0 heterocycles. The van der Waals surface area contributed by atoms with Gasteiger partial charge in [-0.25, -0.2) is 0 Å². The predicted molar refractivity (Wildman–Crippen MR) is 175 cm³/mol. The van der Waals surface area contributed by atoms with Crippen molar-refractivity contribution in [2.75, 3.05) is 18.7 Å². The van der Waals surface area contributed by atoms with Gasteiger partial charge in [0.15, 0.2) is 11.5 Å². The van der Waals surface area contributed by atoms with Crippen LogP contribution in [0.25, 0.3) is 0 Å². The first-order valence-corrected chi connectivity index (χ1v) is 18.0. The molecule has 0 atom stereocenters. The van der Waals surface area contributed by atoms with Gasteiger partial charge in [0.2, 0.25) is 0 Å². The minimum absolute atomic E-state index is 0.630. The van der Waals surface area contributed by atoms with Crippen LogP contribution in [0.3, 0.4) is 0 Å². The molecule has 196 valence electrons. The van der Waals surface area contributed by atoms with Crippen molar-refractivity contribution in [3.8, 4) is 11.5 Å². The SMILES string of the molecule is COc1ccc(N(P(=S)(c2ccccc2)c2ccccc2)P(=S)(c2ccccc2)c2ccccc2)cc1OC. The molecule has 0 bridgehead atoms. The second-order valence-corrected chi connectivity index (χ2v) is 17.5. The molecule has 5 rings (SSSR count). The molecule has 5 aromatic carbocycles. The quantitative estimate of drug-likeness (QED) is 0.181. The summed E-state index contributed by atoms with van der Waals surface area (Å²) in [6, 6.07) is 47.7. The molecule has 0 aliphatic heterocycles. The van der Waals surface area contributed by atoms with Crippen molar-refractivity contribution in [3.05, 3.63) is 140 Å². The van der Waals surface area contributed by atoms with E-state index in [1.807, 2.05) is 36.4 Å². The van der Waals surface area contributed by atoms with Crippen molar-refractivity contribution in [2.45, 2.75) is 0 Å². The lowest BCUT2D eigenvalue weighted by Crippen LogP contribution is -2.36. The van der Waals surface area contributed by atoms with Crippen LogP contribution in [-0.2, 0) is 23.6 Å². The molecule has 0 saturated heterocycles. The van der Waals surface area contributed by atoms with Crippen LogP contribution >= 0.6 is 12.4 Å². The standard InChI is InChI=1S/C32H29NO2P2S2/c1-34-31-24-23-26(25-32(31)35-2)33(36(38,27-15-7-3-8-16-27)28-17-9-4-10-18-28)37(39,29-19-11-5-12-20-29)30-21-13-6-14-22-30/h3-25H,1-2H3. The summed E-state index contributed by atoms with van der Waals surface area (Å²) in [5.74, 6) is 1.28. The van der Waals surface area contributed by atoms with E-state index in [-0.39, 0.29) is 0 Å². The van der Waals surface area contributed by atoms with Gasteiger partial charge < -0.3 is 13.9 Å². The summed E-state index contributed by atoms with van der Waals surface area (Å²) < 4.78 is 13.8. The number of benzene rings is 5. The van der Waals surface area contributed by atoms with Crippen molar-refractivity contribution in [2.24, 2.45) is 0 Å². The van der Waals surface area contributed by atoms with Gasteiger partial charge in [0, 0.05) is 33.0 Å². The highest BCUT2D eigenvalue weighted by molar-refractivity contribution is 8.33. The Morgan fingerprint density at radius 2 is 0.795 bits per heavy atom. The van der Waals surface area contributed by atoms with E-state index in [1.165, 1.54) is 0 Å². The summed E-state index contributed by atoms with van der Waals surface area (Å²) in [6.07, 6.45) is -5.49. The Balaban J connectivity index is 1.94. The third kappa shape index (κ3) is 5.09. The van der Waals surface area contributed by atoms with E-state index < -0.39 is 12.4 Å². The molecule has 39 heavy (non-hydrogen) atoms. The van der Waals surface area contributed by atoms with Gasteiger partial charge in [0.25, 0.3) is 0 Å². The Morgan fingerprint density at radius 1 is 0.462 bits per heavy atom. The zero-order valence-electron chi connectivity index (χ0n) is 21.8. The molecule has 0 aliphatic rings. The average Bonchev–Trinajstić information content (AvgIpc) is 3.02. The van der Waals surface area contributed by atoms with Gasteiger partial charge in [-0.1, -0.05) is 145 Å². The molecule has 0 fully saturated rings. The summed E-state index contributed by atoms with van der Waals surface area (Å²) >= 11 is 13.9. The van der Waals surface area contributed by atoms with Gasteiger partial charge in [-0.05, 0) is 12.1 Å². The maximum atomic E-state index is 6.95. The van der Waals surface area contributed by atoms with Crippen LogP contribution in [-0.4, -0.2) is 14.2 Å². The Kier molecular flexibility index (Phi) is 8.35. The summed E-state index contributed by atoms with van der Waals surface area (Å²) in [7, 11) is 3.30. The zero-order chi connectivity index (χ0) is 27.3. The molecule has 5 aromatic rings. The topological polar surface area (TPSA) is 21.7 Å². The molecule has 0 radical (unpaired) electrons. The van der Waals surface area contributed by atoms with Crippen molar-refractivity contribution < 1.29 is 9.47 Å². The zero-order valence-corrected chi connectivity index (χ0v) is 25.2. The summed E-state index contributed by atoms with van der Waals surface area (Å²) in [5.41, 5.74) is 0.903. The van der Waals surface area contributed by atoms with Gasteiger partial charge in [-0.3, -0.25) is 0 Å². The first-order chi connectivity index (χ1) is 19.0. The Labute approximate surface area is 241 Å². The van der Waals surface area contributed by atoms with Crippen LogP contribution in [0, 0.1) is 0 Å². The van der Waals surface area contributed by atoms with Crippen molar-refractivity contribution in [3.63, 3.8) is 0 Å². The van der Waals surface area contributed by atoms with Crippen LogP contribution in [0.4, 0.5) is 5.69 Å². The van der Waals surface area contributed by atoms with E-state index in [2.05, 4.69) is 108 Å². The molecule has 0 saturated carbocycles. The van der Waals surface area contributed by atoms with Crippen LogP contribution < -0.4 is 35.1 Å². The Hall–Kier alpha value is -3.20. The van der Waals surface area contributed by atoms with Crippen LogP contribution in [0.1, 0.15) is 0 Å². The van der Waals surface area contributed by atoms with Crippen LogP contribution in [0.5, 0.6) is 11.5 Å². The molecule has 0 unspecified atom stereocenters. The highest BCUT2D eigenvalue weighted by Crippen LogP contribution is 2.66. The molecule has 0 aliphatic carbocycles. The molecule has 7 heteroatoms. The van der Waals surface area contributed by atoms with Gasteiger partial charge in [0.05, 0.1) is 26.6 Å². The highest BCUT2D eigenvalue weighted by atomic mass is 32.5. The molecular weight excluding hydrogens is 556 g/mol. The lowest BCUT2D eigenvalue weighted by molar-refractivity contribution is 0.355. The number of ether oxygens (including phenoxy) is 2. The number of anilines is 1. The predicted octanol–water partition coefficient (Wildman–Crippen LogP) is 6.60. The van der Waals surface area contributed by atoms with Gasteiger partial charge in [0.1, 0.15) is 0 Å². The van der Waals surface area contributed by atoms with Gasteiger partial charge in [-0.2, -0.15) is 0 Å². The molecule has 3 nitrogen and oxygen atoms in total. The van der Waals surface area contributed by atoms with E-state index in [0.29, 0.717) is 11.5 Å². The third-order valence-electron chi connectivity index (χ3n) is 6.56.